The molecule has 1 N–H and O–H groups in total. The van der Waals surface area contributed by atoms with Gasteiger partial charge in [0.15, 0.2) is 5.13 Å². The highest BCUT2D eigenvalue weighted by Crippen LogP contribution is 2.28. The topological polar surface area (TPSA) is 88.6 Å². The fourth-order valence-corrected chi connectivity index (χ4v) is 3.44. The molecule has 132 valence electrons. The van der Waals surface area contributed by atoms with E-state index in [4.69, 9.17) is 4.74 Å². The van der Waals surface area contributed by atoms with Gasteiger partial charge in [0.1, 0.15) is 4.88 Å². The van der Waals surface area contributed by atoms with Gasteiger partial charge in [-0.25, -0.2) is 9.78 Å². The van der Waals surface area contributed by atoms with E-state index >= 15 is 0 Å². The van der Waals surface area contributed by atoms with E-state index in [0.717, 1.165) is 11.3 Å². The molecule has 0 aromatic carbocycles. The lowest BCUT2D eigenvalue weighted by Crippen LogP contribution is -2.42. The predicted molar refractivity (Wildman–Crippen MR) is 91.0 cm³/mol. The van der Waals surface area contributed by atoms with Crippen molar-refractivity contribution in [3.05, 3.63) is 10.6 Å². The van der Waals surface area contributed by atoms with E-state index in [9.17, 15) is 14.4 Å². The third-order valence-corrected chi connectivity index (χ3v) is 4.85. The normalized spacial score (nSPS) is 18.0. The van der Waals surface area contributed by atoms with Crippen LogP contribution in [0.1, 0.15) is 49.5 Å². The molecule has 0 bridgehead atoms. The number of hydrogen-bond acceptors (Lipinski definition) is 6. The number of amides is 2. The van der Waals surface area contributed by atoms with Gasteiger partial charge in [-0.2, -0.15) is 0 Å². The zero-order valence-corrected chi connectivity index (χ0v) is 15.5. The first-order valence-electron chi connectivity index (χ1n) is 7.89. The molecule has 1 saturated heterocycles. The molecule has 8 heteroatoms. The molecule has 0 radical (unpaired) electrons. The highest BCUT2D eigenvalue weighted by Gasteiger charge is 2.39. The van der Waals surface area contributed by atoms with Crippen LogP contribution in [0, 0.1) is 12.8 Å². The fourth-order valence-electron chi connectivity index (χ4n) is 2.57. The van der Waals surface area contributed by atoms with Crippen molar-refractivity contribution in [1.29, 1.82) is 0 Å². The lowest BCUT2D eigenvalue weighted by atomic mass is 10.1. The van der Waals surface area contributed by atoms with Crippen molar-refractivity contribution in [2.75, 3.05) is 18.5 Å². The van der Waals surface area contributed by atoms with Crippen LogP contribution >= 0.6 is 11.3 Å². The Labute approximate surface area is 145 Å². The summed E-state index contributed by atoms with van der Waals surface area (Å²) in [5, 5.41) is 3.07. The SMILES string of the molecule is CCOC(=O)c1sc(NC(=O)C2CC(=O)N(C(C)(C)C)C2)nc1C. The molecule has 1 aliphatic rings. The van der Waals surface area contributed by atoms with E-state index < -0.39 is 11.9 Å². The first-order valence-corrected chi connectivity index (χ1v) is 8.71. The van der Waals surface area contributed by atoms with E-state index in [2.05, 4.69) is 10.3 Å². The quantitative estimate of drug-likeness (QED) is 0.839. The van der Waals surface area contributed by atoms with E-state index in [1.54, 1.807) is 18.7 Å². The monoisotopic (exact) mass is 353 g/mol. The van der Waals surface area contributed by atoms with Gasteiger partial charge < -0.3 is 15.0 Å². The van der Waals surface area contributed by atoms with E-state index in [1.807, 2.05) is 20.8 Å². The van der Waals surface area contributed by atoms with Crippen LogP contribution in [0.5, 0.6) is 0 Å². The zero-order valence-electron chi connectivity index (χ0n) is 14.6. The van der Waals surface area contributed by atoms with Gasteiger partial charge >= 0.3 is 5.97 Å². The van der Waals surface area contributed by atoms with E-state index in [1.165, 1.54) is 0 Å². The Morgan fingerprint density at radius 3 is 2.62 bits per heavy atom. The van der Waals surface area contributed by atoms with Crippen molar-refractivity contribution >= 4 is 34.3 Å². The lowest BCUT2D eigenvalue weighted by molar-refractivity contribution is -0.131. The van der Waals surface area contributed by atoms with Crippen LogP contribution in [-0.2, 0) is 14.3 Å². The fraction of sp³-hybridized carbons (Fsp3) is 0.625. The highest BCUT2D eigenvalue weighted by atomic mass is 32.1. The zero-order chi connectivity index (χ0) is 18.1. The number of nitrogens with one attached hydrogen (secondary N) is 1. The number of rotatable bonds is 4. The Morgan fingerprint density at radius 1 is 1.42 bits per heavy atom. The number of aromatic nitrogens is 1. The van der Waals surface area contributed by atoms with Gasteiger partial charge in [0, 0.05) is 18.5 Å². The number of carbonyl (C=O) groups is 3. The Bertz CT molecular complexity index is 663. The molecular formula is C16H23N3O4S. The van der Waals surface area contributed by atoms with Crippen LogP contribution in [0.4, 0.5) is 5.13 Å². The molecule has 24 heavy (non-hydrogen) atoms. The van der Waals surface area contributed by atoms with Crippen molar-refractivity contribution in [1.82, 2.24) is 9.88 Å². The molecular weight excluding hydrogens is 330 g/mol. The molecule has 1 aromatic heterocycles. The van der Waals surface area contributed by atoms with Gasteiger partial charge in [-0.3, -0.25) is 9.59 Å². The summed E-state index contributed by atoms with van der Waals surface area (Å²) in [6.45, 7) is 9.94. The molecule has 1 aromatic rings. The second-order valence-electron chi connectivity index (χ2n) is 6.72. The minimum absolute atomic E-state index is 0.0230. The maximum Gasteiger partial charge on any atom is 0.350 e. The maximum absolute atomic E-state index is 12.4. The molecule has 1 unspecified atom stereocenters. The summed E-state index contributed by atoms with van der Waals surface area (Å²) in [5.74, 6) is -1.13. The molecule has 0 spiro atoms. The molecule has 2 rings (SSSR count). The second-order valence-corrected chi connectivity index (χ2v) is 7.72. The smallest absolute Gasteiger partial charge is 0.350 e. The number of carbonyl (C=O) groups excluding carboxylic acids is 3. The van der Waals surface area contributed by atoms with Crippen molar-refractivity contribution in [3.8, 4) is 0 Å². The molecule has 1 aliphatic heterocycles. The van der Waals surface area contributed by atoms with Gasteiger partial charge in [0.05, 0.1) is 18.2 Å². The number of anilines is 1. The van der Waals surface area contributed by atoms with Gasteiger partial charge in [0.2, 0.25) is 11.8 Å². The predicted octanol–water partition coefficient (Wildman–Crippen LogP) is 2.21. The largest absolute Gasteiger partial charge is 0.462 e. The standard InChI is InChI=1S/C16H23N3O4S/c1-6-23-14(22)12-9(2)17-15(24-12)18-13(21)10-7-11(20)19(8-10)16(3,4)5/h10H,6-8H2,1-5H3,(H,17,18,21). The Balaban J connectivity index is 2.05. The third-order valence-electron chi connectivity index (χ3n) is 3.79. The van der Waals surface area contributed by atoms with Crippen molar-refractivity contribution in [3.63, 3.8) is 0 Å². The molecule has 2 heterocycles. The molecule has 7 nitrogen and oxygen atoms in total. The first kappa shape index (κ1) is 18.4. The van der Waals surface area contributed by atoms with Crippen LogP contribution in [0.25, 0.3) is 0 Å². The average molecular weight is 353 g/mol. The van der Waals surface area contributed by atoms with Gasteiger partial charge in [-0.05, 0) is 34.6 Å². The minimum Gasteiger partial charge on any atom is -0.462 e. The van der Waals surface area contributed by atoms with Crippen LogP contribution in [0.2, 0.25) is 0 Å². The lowest BCUT2D eigenvalue weighted by Gasteiger charge is -2.31. The van der Waals surface area contributed by atoms with Crippen LogP contribution in [0.3, 0.4) is 0 Å². The van der Waals surface area contributed by atoms with Crippen LogP contribution < -0.4 is 5.32 Å². The number of ether oxygens (including phenoxy) is 1. The summed E-state index contributed by atoms with van der Waals surface area (Å²) in [5.41, 5.74) is 0.216. The molecule has 1 atom stereocenters. The number of nitrogens with zero attached hydrogens (tertiary/aromatic N) is 2. The minimum atomic E-state index is -0.442. The van der Waals surface area contributed by atoms with Crippen molar-refractivity contribution < 1.29 is 19.1 Å². The summed E-state index contributed by atoms with van der Waals surface area (Å²) in [6, 6.07) is 0. The summed E-state index contributed by atoms with van der Waals surface area (Å²) in [7, 11) is 0. The average Bonchev–Trinajstić information content (AvgIpc) is 3.02. The molecule has 1 fully saturated rings. The second kappa shape index (κ2) is 6.88. The summed E-state index contributed by atoms with van der Waals surface area (Å²) >= 11 is 1.09. The van der Waals surface area contributed by atoms with Gasteiger partial charge in [0.25, 0.3) is 0 Å². The van der Waals surface area contributed by atoms with E-state index in [-0.39, 0.29) is 30.4 Å². The maximum atomic E-state index is 12.4. The van der Waals surface area contributed by atoms with Crippen molar-refractivity contribution in [2.24, 2.45) is 5.92 Å². The molecule has 2 amide bonds. The Kier molecular flexibility index (Phi) is 5.27. The van der Waals surface area contributed by atoms with Gasteiger partial charge in [-0.1, -0.05) is 11.3 Å². The van der Waals surface area contributed by atoms with E-state index in [0.29, 0.717) is 22.2 Å². The van der Waals surface area contributed by atoms with Crippen LogP contribution in [-0.4, -0.2) is 46.4 Å². The Morgan fingerprint density at radius 2 is 2.08 bits per heavy atom. The number of aryl methyl sites for hydroxylation is 1. The third kappa shape index (κ3) is 3.92. The number of hydrogen-bond donors (Lipinski definition) is 1. The first-order chi connectivity index (χ1) is 11.1. The number of likely N-dealkylation sites (tertiary alicyclic amines) is 1. The summed E-state index contributed by atoms with van der Waals surface area (Å²) in [6.07, 6.45) is 0.193. The molecule has 0 saturated carbocycles. The van der Waals surface area contributed by atoms with Gasteiger partial charge in [-0.15, -0.1) is 0 Å². The number of thiazole rings is 1. The summed E-state index contributed by atoms with van der Waals surface area (Å²) < 4.78 is 4.96. The number of esters is 1. The van der Waals surface area contributed by atoms with Crippen molar-refractivity contribution in [2.45, 2.75) is 46.6 Å². The highest BCUT2D eigenvalue weighted by molar-refractivity contribution is 7.17. The Hall–Kier alpha value is -1.96. The molecule has 0 aliphatic carbocycles. The summed E-state index contributed by atoms with van der Waals surface area (Å²) in [4.78, 5) is 42.6. The van der Waals surface area contributed by atoms with Crippen LogP contribution in [0.15, 0.2) is 0 Å².